The molecule has 29 heavy (non-hydrogen) atoms. The van der Waals surface area contributed by atoms with Gasteiger partial charge in [-0.25, -0.2) is 0 Å². The van der Waals surface area contributed by atoms with Crippen molar-refractivity contribution in [3.8, 4) is 0 Å². The van der Waals surface area contributed by atoms with Crippen LogP contribution in [0.2, 0.25) is 0 Å². The van der Waals surface area contributed by atoms with Crippen LogP contribution in [0.3, 0.4) is 0 Å². The molecule has 5 rings (SSSR count). The molecule has 2 aliphatic heterocycles. The molecule has 0 bridgehead atoms. The van der Waals surface area contributed by atoms with Crippen LogP contribution in [0.25, 0.3) is 0 Å². The fraction of sp³-hybridized carbons (Fsp3) is 0.308. The predicted octanol–water partition coefficient (Wildman–Crippen LogP) is 5.51. The van der Waals surface area contributed by atoms with Crippen molar-refractivity contribution in [1.82, 2.24) is 4.90 Å². The molecule has 1 spiro atoms. The summed E-state index contributed by atoms with van der Waals surface area (Å²) in [4.78, 5) is 2.53. The molecule has 2 fully saturated rings. The summed E-state index contributed by atoms with van der Waals surface area (Å²) in [6.07, 6.45) is 1.96. The maximum Gasteiger partial charge on any atom is 0.188 e. The lowest BCUT2D eigenvalue weighted by molar-refractivity contribution is -0.289. The van der Waals surface area contributed by atoms with Crippen molar-refractivity contribution >= 4 is 0 Å². The molecule has 3 unspecified atom stereocenters. The van der Waals surface area contributed by atoms with Gasteiger partial charge in [-0.05, 0) is 23.1 Å². The summed E-state index contributed by atoms with van der Waals surface area (Å²) in [5.41, 5.74) is 3.82. The Morgan fingerprint density at radius 2 is 1.41 bits per heavy atom. The molecule has 2 heterocycles. The van der Waals surface area contributed by atoms with Gasteiger partial charge in [0.05, 0.1) is 18.8 Å². The summed E-state index contributed by atoms with van der Waals surface area (Å²) < 4.78 is 13.2. The van der Waals surface area contributed by atoms with Gasteiger partial charge in [0.1, 0.15) is 0 Å². The van der Waals surface area contributed by atoms with Gasteiger partial charge in [-0.15, -0.1) is 0 Å². The first kappa shape index (κ1) is 18.6. The minimum atomic E-state index is -0.602. The average Bonchev–Trinajstić information content (AvgIpc) is 3.20. The van der Waals surface area contributed by atoms with E-state index in [1.54, 1.807) is 0 Å². The van der Waals surface area contributed by atoms with E-state index in [0.717, 1.165) is 25.9 Å². The predicted molar refractivity (Wildman–Crippen MR) is 114 cm³/mol. The van der Waals surface area contributed by atoms with Crippen LogP contribution in [0.1, 0.15) is 41.7 Å². The Labute approximate surface area is 172 Å². The molecule has 0 saturated carbocycles. The first-order valence-corrected chi connectivity index (χ1v) is 10.5. The van der Waals surface area contributed by atoms with Gasteiger partial charge in [-0.1, -0.05) is 91.0 Å². The SMILES string of the molecule is c1ccc(CN2CCOC3(CCC(c4ccccc4)O3)C2c2ccccc2)cc1. The monoisotopic (exact) mass is 385 g/mol. The van der Waals surface area contributed by atoms with E-state index >= 15 is 0 Å². The summed E-state index contributed by atoms with van der Waals surface area (Å²) in [5.74, 6) is -0.602. The zero-order valence-electron chi connectivity index (χ0n) is 16.6. The highest BCUT2D eigenvalue weighted by Crippen LogP contribution is 2.50. The lowest BCUT2D eigenvalue weighted by atomic mass is 9.92. The maximum atomic E-state index is 6.75. The van der Waals surface area contributed by atoms with Crippen LogP contribution in [0.4, 0.5) is 0 Å². The number of rotatable bonds is 4. The number of hydrogen-bond acceptors (Lipinski definition) is 3. The van der Waals surface area contributed by atoms with Crippen LogP contribution >= 0.6 is 0 Å². The van der Waals surface area contributed by atoms with Gasteiger partial charge in [0.15, 0.2) is 5.79 Å². The van der Waals surface area contributed by atoms with E-state index in [1.165, 1.54) is 16.7 Å². The number of morpholine rings is 1. The minimum absolute atomic E-state index is 0.0753. The smallest absolute Gasteiger partial charge is 0.188 e. The van der Waals surface area contributed by atoms with E-state index in [0.29, 0.717) is 6.61 Å². The Morgan fingerprint density at radius 3 is 2.10 bits per heavy atom. The van der Waals surface area contributed by atoms with Crippen LogP contribution in [0.15, 0.2) is 91.0 Å². The van der Waals surface area contributed by atoms with Gasteiger partial charge in [0, 0.05) is 19.5 Å². The van der Waals surface area contributed by atoms with Crippen molar-refractivity contribution in [3.63, 3.8) is 0 Å². The molecular weight excluding hydrogens is 358 g/mol. The van der Waals surface area contributed by atoms with Gasteiger partial charge in [0.25, 0.3) is 0 Å². The molecule has 0 amide bonds. The van der Waals surface area contributed by atoms with Crippen LogP contribution in [-0.4, -0.2) is 23.8 Å². The highest BCUT2D eigenvalue weighted by Gasteiger charge is 2.52. The first-order valence-electron chi connectivity index (χ1n) is 10.5. The van der Waals surface area contributed by atoms with Crippen molar-refractivity contribution < 1.29 is 9.47 Å². The summed E-state index contributed by atoms with van der Waals surface area (Å²) >= 11 is 0. The van der Waals surface area contributed by atoms with Crippen molar-refractivity contribution in [1.29, 1.82) is 0 Å². The van der Waals surface area contributed by atoms with E-state index in [2.05, 4.69) is 95.9 Å². The van der Waals surface area contributed by atoms with Gasteiger partial charge < -0.3 is 9.47 Å². The van der Waals surface area contributed by atoms with Gasteiger partial charge in [0.2, 0.25) is 0 Å². The molecule has 0 aromatic heterocycles. The van der Waals surface area contributed by atoms with E-state index in [-0.39, 0.29) is 12.1 Å². The van der Waals surface area contributed by atoms with Crippen molar-refractivity contribution in [3.05, 3.63) is 108 Å². The lowest BCUT2D eigenvalue weighted by Crippen LogP contribution is -2.53. The quantitative estimate of drug-likeness (QED) is 0.591. The zero-order valence-corrected chi connectivity index (χ0v) is 16.6. The molecule has 3 atom stereocenters. The van der Waals surface area contributed by atoms with Crippen molar-refractivity contribution in [2.24, 2.45) is 0 Å². The third-order valence-corrected chi connectivity index (χ3v) is 6.12. The Bertz CT molecular complexity index is 915. The molecule has 0 aliphatic carbocycles. The third-order valence-electron chi connectivity index (χ3n) is 6.12. The second-order valence-electron chi connectivity index (χ2n) is 7.99. The fourth-order valence-corrected chi connectivity index (χ4v) is 4.81. The topological polar surface area (TPSA) is 21.7 Å². The number of hydrogen-bond donors (Lipinski definition) is 0. The second kappa shape index (κ2) is 8.11. The van der Waals surface area contributed by atoms with E-state index in [9.17, 15) is 0 Å². The molecule has 2 aliphatic rings. The van der Waals surface area contributed by atoms with E-state index in [4.69, 9.17) is 9.47 Å². The Morgan fingerprint density at radius 1 is 0.793 bits per heavy atom. The Kier molecular flexibility index (Phi) is 5.19. The summed E-state index contributed by atoms with van der Waals surface area (Å²) in [7, 11) is 0. The normalized spacial score (nSPS) is 27.3. The molecule has 148 valence electrons. The molecule has 0 N–H and O–H groups in total. The number of nitrogens with zero attached hydrogens (tertiary/aromatic N) is 1. The highest BCUT2D eigenvalue weighted by atomic mass is 16.7. The van der Waals surface area contributed by atoms with Crippen LogP contribution in [0.5, 0.6) is 0 Å². The highest BCUT2D eigenvalue weighted by molar-refractivity contribution is 5.26. The molecule has 3 heteroatoms. The summed E-state index contributed by atoms with van der Waals surface area (Å²) in [6, 6.07) is 32.0. The second-order valence-corrected chi connectivity index (χ2v) is 7.99. The molecule has 0 radical (unpaired) electrons. The van der Waals surface area contributed by atoms with Crippen LogP contribution in [0, 0.1) is 0 Å². The molecule has 3 nitrogen and oxygen atoms in total. The van der Waals surface area contributed by atoms with Gasteiger partial charge in [-0.2, -0.15) is 0 Å². The average molecular weight is 386 g/mol. The van der Waals surface area contributed by atoms with Crippen LogP contribution < -0.4 is 0 Å². The fourth-order valence-electron chi connectivity index (χ4n) is 4.81. The zero-order chi connectivity index (χ0) is 19.5. The number of ether oxygens (including phenoxy) is 2. The standard InChI is InChI=1S/C26H27NO2/c1-4-10-21(11-5-1)20-27-18-19-28-26(25(27)23-14-8-3-9-15-23)17-16-24(29-26)22-12-6-2-7-13-22/h1-15,24-25H,16-20H2. The lowest BCUT2D eigenvalue weighted by Gasteiger charge is -2.47. The van der Waals surface area contributed by atoms with Gasteiger partial charge >= 0.3 is 0 Å². The van der Waals surface area contributed by atoms with E-state index < -0.39 is 5.79 Å². The largest absolute Gasteiger partial charge is 0.347 e. The molecule has 3 aromatic rings. The number of benzene rings is 3. The summed E-state index contributed by atoms with van der Waals surface area (Å²) in [5, 5.41) is 0. The van der Waals surface area contributed by atoms with Crippen molar-refractivity contribution in [2.75, 3.05) is 13.2 Å². The molecule has 3 aromatic carbocycles. The first-order chi connectivity index (χ1) is 14.3. The van der Waals surface area contributed by atoms with Gasteiger partial charge in [-0.3, -0.25) is 4.90 Å². The molecular formula is C26H27NO2. The maximum absolute atomic E-state index is 6.75. The third kappa shape index (κ3) is 3.74. The van der Waals surface area contributed by atoms with Crippen LogP contribution in [-0.2, 0) is 16.0 Å². The van der Waals surface area contributed by atoms with E-state index in [1.807, 2.05) is 0 Å². The van der Waals surface area contributed by atoms with Crippen molar-refractivity contribution in [2.45, 2.75) is 37.3 Å². The Balaban J connectivity index is 1.48. The Hall–Kier alpha value is -2.46. The summed E-state index contributed by atoms with van der Waals surface area (Å²) in [6.45, 7) is 2.48. The minimum Gasteiger partial charge on any atom is -0.347 e. The molecule has 2 saturated heterocycles.